The second-order valence-electron chi connectivity index (χ2n) is 8.26. The lowest BCUT2D eigenvalue weighted by molar-refractivity contribution is -0.384. The summed E-state index contributed by atoms with van der Waals surface area (Å²) in [6, 6.07) is 8.40. The van der Waals surface area contributed by atoms with Gasteiger partial charge in [0.2, 0.25) is 0 Å². The molecule has 0 aromatic heterocycles. The standard InChI is InChI=1S/C23H25Cl2N5O4/c1-14(2)21(27-22(31)16-6-7-17(24)18(25)12-16)23(32)28-26-13-15-5-8-19(20(11-15)30(33)34)29-9-3-4-10-29/h5-8,11-14,21H,3-4,9-10H2,1-2H3,(H,27,31)(H,28,32). The number of nitrogens with one attached hydrogen (secondary N) is 2. The molecule has 1 atom stereocenters. The number of amides is 2. The van der Waals surface area contributed by atoms with Crippen LogP contribution in [0.1, 0.15) is 42.6 Å². The minimum absolute atomic E-state index is 0.00822. The fourth-order valence-electron chi connectivity index (χ4n) is 3.63. The molecule has 2 aromatic rings. The van der Waals surface area contributed by atoms with Crippen LogP contribution >= 0.6 is 23.2 Å². The maximum absolute atomic E-state index is 12.7. The summed E-state index contributed by atoms with van der Waals surface area (Å²) >= 11 is 11.9. The Hall–Kier alpha value is -3.17. The number of hydrogen-bond acceptors (Lipinski definition) is 6. The Labute approximate surface area is 207 Å². The maximum Gasteiger partial charge on any atom is 0.293 e. The lowest BCUT2D eigenvalue weighted by Gasteiger charge is -2.20. The van der Waals surface area contributed by atoms with Crippen LogP contribution in [0.25, 0.3) is 0 Å². The number of hydrogen-bond donors (Lipinski definition) is 2. The van der Waals surface area contributed by atoms with E-state index in [9.17, 15) is 19.7 Å². The summed E-state index contributed by atoms with van der Waals surface area (Å²) in [5, 5.41) is 18.7. The van der Waals surface area contributed by atoms with Gasteiger partial charge in [0.05, 0.1) is 21.2 Å². The van der Waals surface area contributed by atoms with E-state index in [1.54, 1.807) is 26.0 Å². The van der Waals surface area contributed by atoms with Gasteiger partial charge in [-0.15, -0.1) is 0 Å². The molecule has 0 aliphatic carbocycles. The van der Waals surface area contributed by atoms with Crippen LogP contribution in [0.5, 0.6) is 0 Å². The van der Waals surface area contributed by atoms with Gasteiger partial charge < -0.3 is 10.2 Å². The molecule has 1 heterocycles. The minimum Gasteiger partial charge on any atom is -0.366 e. The van der Waals surface area contributed by atoms with Gasteiger partial charge in [0.15, 0.2) is 0 Å². The van der Waals surface area contributed by atoms with Crippen LogP contribution in [0, 0.1) is 16.0 Å². The molecule has 1 aliphatic rings. The number of nitro benzene ring substituents is 1. The fourth-order valence-corrected chi connectivity index (χ4v) is 3.93. The molecular formula is C23H25Cl2N5O4. The number of carbonyl (C=O) groups is 2. The molecule has 0 bridgehead atoms. The van der Waals surface area contributed by atoms with Crippen molar-refractivity contribution in [1.82, 2.24) is 10.7 Å². The van der Waals surface area contributed by atoms with Gasteiger partial charge in [0.25, 0.3) is 17.5 Å². The van der Waals surface area contributed by atoms with Crippen LogP contribution in [0.15, 0.2) is 41.5 Å². The summed E-state index contributed by atoms with van der Waals surface area (Å²) in [5.41, 5.74) is 3.70. The number of carbonyl (C=O) groups excluding carboxylic acids is 2. The van der Waals surface area contributed by atoms with Gasteiger partial charge in [-0.25, -0.2) is 5.43 Å². The van der Waals surface area contributed by atoms with Crippen LogP contribution in [0.2, 0.25) is 10.0 Å². The van der Waals surface area contributed by atoms with Crippen LogP contribution in [-0.4, -0.2) is 42.1 Å². The molecule has 9 nitrogen and oxygen atoms in total. The molecule has 0 radical (unpaired) electrons. The van der Waals surface area contributed by atoms with Crippen LogP contribution in [0.4, 0.5) is 11.4 Å². The van der Waals surface area contributed by atoms with E-state index in [1.165, 1.54) is 30.5 Å². The van der Waals surface area contributed by atoms with E-state index >= 15 is 0 Å². The molecule has 2 N–H and O–H groups in total. The third-order valence-electron chi connectivity index (χ3n) is 5.45. The van der Waals surface area contributed by atoms with Gasteiger partial charge in [-0.3, -0.25) is 19.7 Å². The van der Waals surface area contributed by atoms with Crippen molar-refractivity contribution in [2.45, 2.75) is 32.7 Å². The largest absolute Gasteiger partial charge is 0.366 e. The minimum atomic E-state index is -0.869. The van der Waals surface area contributed by atoms with Crippen molar-refractivity contribution in [3.05, 3.63) is 67.7 Å². The average Bonchev–Trinajstić information content (AvgIpc) is 3.33. The Bertz CT molecular complexity index is 1120. The zero-order valence-electron chi connectivity index (χ0n) is 18.8. The first-order valence-electron chi connectivity index (χ1n) is 10.8. The topological polar surface area (TPSA) is 117 Å². The van der Waals surface area contributed by atoms with E-state index in [2.05, 4.69) is 15.8 Å². The monoisotopic (exact) mass is 505 g/mol. The number of nitrogens with zero attached hydrogens (tertiary/aromatic N) is 3. The number of benzene rings is 2. The number of nitro groups is 1. The molecule has 0 spiro atoms. The van der Waals surface area contributed by atoms with Crippen LogP contribution in [-0.2, 0) is 4.79 Å². The van der Waals surface area contributed by atoms with Crippen molar-refractivity contribution in [2.24, 2.45) is 11.0 Å². The van der Waals surface area contributed by atoms with Gasteiger partial charge >= 0.3 is 0 Å². The molecule has 1 unspecified atom stereocenters. The first-order chi connectivity index (χ1) is 16.2. The summed E-state index contributed by atoms with van der Waals surface area (Å²) in [7, 11) is 0. The van der Waals surface area contributed by atoms with Gasteiger partial charge in [-0.05, 0) is 43.0 Å². The van der Waals surface area contributed by atoms with E-state index in [4.69, 9.17) is 23.2 Å². The van der Waals surface area contributed by atoms with E-state index in [-0.39, 0.29) is 22.2 Å². The smallest absolute Gasteiger partial charge is 0.293 e. The lowest BCUT2D eigenvalue weighted by atomic mass is 10.0. The summed E-state index contributed by atoms with van der Waals surface area (Å²) in [6.07, 6.45) is 3.34. The number of rotatable bonds is 8. The molecule has 3 rings (SSSR count). The Balaban J connectivity index is 1.67. The highest BCUT2D eigenvalue weighted by Crippen LogP contribution is 2.31. The van der Waals surface area contributed by atoms with Gasteiger partial charge in [0, 0.05) is 30.3 Å². The Kier molecular flexibility index (Phi) is 8.46. The second kappa shape index (κ2) is 11.3. The Morgan fingerprint density at radius 2 is 1.82 bits per heavy atom. The summed E-state index contributed by atoms with van der Waals surface area (Å²) in [6.45, 7) is 5.14. The molecule has 1 fully saturated rings. The Morgan fingerprint density at radius 3 is 2.44 bits per heavy atom. The summed E-state index contributed by atoms with van der Waals surface area (Å²) in [4.78, 5) is 38.3. The van der Waals surface area contributed by atoms with Crippen LogP contribution < -0.4 is 15.6 Å². The summed E-state index contributed by atoms with van der Waals surface area (Å²) < 4.78 is 0. The SMILES string of the molecule is CC(C)C(NC(=O)c1ccc(Cl)c(Cl)c1)C(=O)NN=Cc1ccc(N2CCCC2)c([N+](=O)[O-])c1. The van der Waals surface area contributed by atoms with Crippen molar-refractivity contribution in [2.75, 3.05) is 18.0 Å². The van der Waals surface area contributed by atoms with Gasteiger partial charge in [-0.1, -0.05) is 43.1 Å². The van der Waals surface area contributed by atoms with Gasteiger partial charge in [0.1, 0.15) is 11.7 Å². The third-order valence-corrected chi connectivity index (χ3v) is 6.19. The molecule has 0 saturated carbocycles. The molecule has 1 saturated heterocycles. The Morgan fingerprint density at radius 1 is 1.12 bits per heavy atom. The average molecular weight is 506 g/mol. The fraction of sp³-hybridized carbons (Fsp3) is 0.348. The van der Waals surface area contributed by atoms with Crippen molar-refractivity contribution in [1.29, 1.82) is 0 Å². The second-order valence-corrected chi connectivity index (χ2v) is 9.07. The van der Waals surface area contributed by atoms with Crippen molar-refractivity contribution < 1.29 is 14.5 Å². The zero-order chi connectivity index (χ0) is 24.8. The third kappa shape index (κ3) is 6.24. The van der Waals surface area contributed by atoms with E-state index in [0.717, 1.165) is 25.9 Å². The van der Waals surface area contributed by atoms with Gasteiger partial charge in [-0.2, -0.15) is 5.10 Å². The molecule has 11 heteroatoms. The zero-order valence-corrected chi connectivity index (χ0v) is 20.3. The maximum atomic E-state index is 12.7. The number of halogens is 2. The highest BCUT2D eigenvalue weighted by atomic mass is 35.5. The highest BCUT2D eigenvalue weighted by molar-refractivity contribution is 6.42. The molecule has 2 aromatic carbocycles. The molecule has 34 heavy (non-hydrogen) atoms. The van der Waals surface area contributed by atoms with Crippen LogP contribution in [0.3, 0.4) is 0 Å². The van der Waals surface area contributed by atoms with E-state index in [0.29, 0.717) is 16.3 Å². The van der Waals surface area contributed by atoms with E-state index < -0.39 is 22.8 Å². The first-order valence-corrected chi connectivity index (χ1v) is 11.5. The lowest BCUT2D eigenvalue weighted by Crippen LogP contribution is -2.48. The van der Waals surface area contributed by atoms with E-state index in [1.807, 2.05) is 4.90 Å². The normalized spacial score (nSPS) is 14.4. The molecule has 2 amide bonds. The highest BCUT2D eigenvalue weighted by Gasteiger charge is 2.25. The van der Waals surface area contributed by atoms with Crippen molar-refractivity contribution in [3.63, 3.8) is 0 Å². The number of hydrazone groups is 1. The first kappa shape index (κ1) is 25.5. The van der Waals surface area contributed by atoms with Crippen molar-refractivity contribution >= 4 is 52.6 Å². The molecule has 1 aliphatic heterocycles. The number of anilines is 1. The predicted octanol–water partition coefficient (Wildman–Crippen LogP) is 4.41. The van der Waals surface area contributed by atoms with Crippen molar-refractivity contribution in [3.8, 4) is 0 Å². The molecular weight excluding hydrogens is 481 g/mol. The predicted molar refractivity (Wildman–Crippen MR) is 133 cm³/mol. The quantitative estimate of drug-likeness (QED) is 0.313. The molecule has 180 valence electrons. The summed E-state index contributed by atoms with van der Waals surface area (Å²) in [5.74, 6) is -1.24.